The molecule has 0 unspecified atom stereocenters. The van der Waals surface area contributed by atoms with Gasteiger partial charge < -0.3 is 25.4 Å². The van der Waals surface area contributed by atoms with Gasteiger partial charge in [0.15, 0.2) is 5.11 Å². The number of aromatic amines is 1. The second kappa shape index (κ2) is 10.8. The molecule has 1 amide bonds. The molecule has 0 radical (unpaired) electrons. The molecule has 8 nitrogen and oxygen atoms in total. The summed E-state index contributed by atoms with van der Waals surface area (Å²) in [6, 6.07) is 8.24. The second-order valence-corrected chi connectivity index (χ2v) is 9.56. The summed E-state index contributed by atoms with van der Waals surface area (Å²) in [7, 11) is 4.05. The van der Waals surface area contributed by atoms with Gasteiger partial charge in [0.1, 0.15) is 5.69 Å². The first-order chi connectivity index (χ1) is 16.0. The van der Waals surface area contributed by atoms with E-state index < -0.39 is 0 Å². The zero-order chi connectivity index (χ0) is 23.2. The molecule has 1 aromatic carbocycles. The summed E-state index contributed by atoms with van der Waals surface area (Å²) >= 11 is 7.21. The van der Waals surface area contributed by atoms with Crippen LogP contribution >= 0.6 is 23.6 Å². The number of piperidine rings is 1. The highest BCUT2D eigenvalue weighted by Gasteiger charge is 2.25. The standard InChI is InChI=1S/C23H29N7OS2/c1-29(2)19-5-3-17(4-6-19)27-23(32)30-11-8-16(9-12-30)22-28-20(14-33-22)21(31)25-10-7-18-13-24-15-26-18/h3-6,13-16H,7-12H2,1-2H3,(H,24,26)(H,25,31)(H,27,32). The van der Waals surface area contributed by atoms with E-state index in [1.807, 2.05) is 31.6 Å². The summed E-state index contributed by atoms with van der Waals surface area (Å²) in [4.78, 5) is 28.3. The predicted octanol–water partition coefficient (Wildman–Crippen LogP) is 3.48. The number of carbonyl (C=O) groups excluding carboxylic acids is 1. The lowest BCUT2D eigenvalue weighted by Gasteiger charge is -2.33. The molecule has 3 aromatic rings. The summed E-state index contributed by atoms with van der Waals surface area (Å²) in [5.74, 6) is 0.236. The van der Waals surface area contributed by atoms with Gasteiger partial charge >= 0.3 is 0 Å². The molecule has 10 heteroatoms. The van der Waals surface area contributed by atoms with Crippen molar-refractivity contribution >= 4 is 45.9 Å². The number of nitrogens with zero attached hydrogens (tertiary/aromatic N) is 4. The Morgan fingerprint density at radius 2 is 2.03 bits per heavy atom. The minimum Gasteiger partial charge on any atom is -0.378 e. The molecular weight excluding hydrogens is 454 g/mol. The number of thiocarbonyl (C=S) groups is 1. The number of likely N-dealkylation sites (tertiary alicyclic amines) is 1. The van der Waals surface area contributed by atoms with Crippen LogP contribution in [0.1, 0.15) is 39.9 Å². The van der Waals surface area contributed by atoms with Gasteiger partial charge in [-0.2, -0.15) is 0 Å². The summed E-state index contributed by atoms with van der Waals surface area (Å²) in [6.07, 6.45) is 6.06. The van der Waals surface area contributed by atoms with Crippen molar-refractivity contribution in [2.24, 2.45) is 0 Å². The molecule has 3 heterocycles. The fourth-order valence-corrected chi connectivity index (χ4v) is 5.05. The Morgan fingerprint density at radius 1 is 1.27 bits per heavy atom. The summed E-state index contributed by atoms with van der Waals surface area (Å²) < 4.78 is 0. The van der Waals surface area contributed by atoms with Gasteiger partial charge in [0.2, 0.25) is 0 Å². The highest BCUT2D eigenvalue weighted by atomic mass is 32.1. The van der Waals surface area contributed by atoms with Gasteiger partial charge in [0, 0.05) is 74.7 Å². The van der Waals surface area contributed by atoms with Crippen LogP contribution in [0.3, 0.4) is 0 Å². The van der Waals surface area contributed by atoms with Gasteiger partial charge in [-0.15, -0.1) is 11.3 Å². The molecule has 2 aromatic heterocycles. The molecule has 0 bridgehead atoms. The molecule has 0 saturated carbocycles. The number of amides is 1. The molecule has 174 valence electrons. The van der Waals surface area contributed by atoms with Crippen molar-refractivity contribution in [2.45, 2.75) is 25.2 Å². The van der Waals surface area contributed by atoms with Crippen LogP contribution in [0, 0.1) is 0 Å². The number of nitrogens with one attached hydrogen (secondary N) is 3. The number of hydrogen-bond acceptors (Lipinski definition) is 6. The van der Waals surface area contributed by atoms with E-state index in [9.17, 15) is 4.79 Å². The van der Waals surface area contributed by atoms with Crippen LogP contribution in [0.2, 0.25) is 0 Å². The Kier molecular flexibility index (Phi) is 7.56. The number of carbonyl (C=O) groups is 1. The Labute approximate surface area is 203 Å². The average Bonchev–Trinajstić information content (AvgIpc) is 3.52. The zero-order valence-corrected chi connectivity index (χ0v) is 20.5. The van der Waals surface area contributed by atoms with Gasteiger partial charge in [0.05, 0.1) is 11.3 Å². The summed E-state index contributed by atoms with van der Waals surface area (Å²) in [5.41, 5.74) is 3.65. The maximum Gasteiger partial charge on any atom is 0.270 e. The lowest BCUT2D eigenvalue weighted by atomic mass is 9.98. The fraction of sp³-hybridized carbons (Fsp3) is 0.391. The first-order valence-corrected chi connectivity index (χ1v) is 12.3. The Morgan fingerprint density at radius 3 is 2.70 bits per heavy atom. The van der Waals surface area contributed by atoms with Crippen LogP contribution in [0.4, 0.5) is 11.4 Å². The van der Waals surface area contributed by atoms with Crippen LogP contribution in [0.5, 0.6) is 0 Å². The lowest BCUT2D eigenvalue weighted by Crippen LogP contribution is -2.40. The van der Waals surface area contributed by atoms with E-state index in [1.54, 1.807) is 23.9 Å². The minimum atomic E-state index is -0.125. The van der Waals surface area contributed by atoms with Crippen LogP contribution in [0.25, 0.3) is 0 Å². The van der Waals surface area contributed by atoms with Gasteiger partial charge in [-0.1, -0.05) is 0 Å². The monoisotopic (exact) mass is 483 g/mol. The number of hydrogen-bond donors (Lipinski definition) is 3. The van der Waals surface area contributed by atoms with Crippen LogP contribution in [0.15, 0.2) is 42.2 Å². The van der Waals surface area contributed by atoms with Crippen molar-refractivity contribution in [1.82, 2.24) is 25.2 Å². The van der Waals surface area contributed by atoms with Crippen molar-refractivity contribution in [2.75, 3.05) is 43.9 Å². The third-order valence-corrected chi connectivity index (χ3v) is 7.12. The van der Waals surface area contributed by atoms with E-state index in [0.717, 1.165) is 59.5 Å². The number of rotatable bonds is 7. The third-order valence-electron chi connectivity index (χ3n) is 5.76. The van der Waals surface area contributed by atoms with E-state index in [0.29, 0.717) is 18.2 Å². The van der Waals surface area contributed by atoms with Gasteiger partial charge in [-0.25, -0.2) is 9.97 Å². The molecule has 0 aliphatic carbocycles. The minimum absolute atomic E-state index is 0.125. The zero-order valence-electron chi connectivity index (χ0n) is 18.9. The summed E-state index contributed by atoms with van der Waals surface area (Å²) in [6.45, 7) is 2.30. The van der Waals surface area contributed by atoms with Crippen molar-refractivity contribution in [1.29, 1.82) is 0 Å². The second-order valence-electron chi connectivity index (χ2n) is 8.29. The van der Waals surface area contributed by atoms with E-state index in [1.165, 1.54) is 0 Å². The average molecular weight is 484 g/mol. The quantitative estimate of drug-likeness (QED) is 0.443. The largest absolute Gasteiger partial charge is 0.378 e. The van der Waals surface area contributed by atoms with Crippen LogP contribution in [-0.4, -0.2) is 64.6 Å². The molecule has 0 spiro atoms. The van der Waals surface area contributed by atoms with Crippen molar-refractivity contribution < 1.29 is 4.79 Å². The van der Waals surface area contributed by atoms with E-state index in [2.05, 4.69) is 47.5 Å². The molecule has 4 rings (SSSR count). The van der Waals surface area contributed by atoms with Crippen LogP contribution in [-0.2, 0) is 6.42 Å². The molecule has 33 heavy (non-hydrogen) atoms. The van der Waals surface area contributed by atoms with Gasteiger partial charge in [-0.05, 0) is 49.3 Å². The molecule has 1 aliphatic heterocycles. The van der Waals surface area contributed by atoms with Gasteiger partial charge in [0.25, 0.3) is 5.91 Å². The SMILES string of the molecule is CN(C)c1ccc(NC(=S)N2CCC(c3nc(C(=O)NCCc4cnc[nH]4)cs3)CC2)cc1. The number of benzene rings is 1. The van der Waals surface area contributed by atoms with E-state index in [4.69, 9.17) is 12.2 Å². The molecule has 0 atom stereocenters. The third kappa shape index (κ3) is 6.08. The normalized spacial score (nSPS) is 14.2. The molecule has 1 saturated heterocycles. The fourth-order valence-electron chi connectivity index (χ4n) is 3.78. The first kappa shape index (κ1) is 23.2. The number of H-pyrrole nitrogens is 1. The van der Waals surface area contributed by atoms with Crippen molar-refractivity contribution in [3.8, 4) is 0 Å². The van der Waals surface area contributed by atoms with Crippen LogP contribution < -0.4 is 15.5 Å². The van der Waals surface area contributed by atoms with Gasteiger partial charge in [-0.3, -0.25) is 4.79 Å². The topological polar surface area (TPSA) is 89.2 Å². The molecule has 1 aliphatic rings. The van der Waals surface area contributed by atoms with Crippen molar-refractivity contribution in [3.05, 3.63) is 58.6 Å². The summed E-state index contributed by atoms with van der Waals surface area (Å²) in [5, 5.41) is 9.92. The molecule has 3 N–H and O–H groups in total. The van der Waals surface area contributed by atoms with E-state index in [-0.39, 0.29) is 5.91 Å². The maximum atomic E-state index is 12.4. The number of imidazole rings is 1. The molecular formula is C23H29N7OS2. The Hall–Kier alpha value is -2.98. The maximum absolute atomic E-state index is 12.4. The highest BCUT2D eigenvalue weighted by molar-refractivity contribution is 7.80. The highest BCUT2D eigenvalue weighted by Crippen LogP contribution is 2.30. The first-order valence-electron chi connectivity index (χ1n) is 11.0. The number of aromatic nitrogens is 3. The van der Waals surface area contributed by atoms with E-state index >= 15 is 0 Å². The smallest absolute Gasteiger partial charge is 0.270 e. The Bertz CT molecular complexity index is 1050. The predicted molar refractivity (Wildman–Crippen MR) is 137 cm³/mol. The lowest BCUT2D eigenvalue weighted by molar-refractivity contribution is 0.0949. The van der Waals surface area contributed by atoms with Crippen molar-refractivity contribution in [3.63, 3.8) is 0 Å². The molecule has 1 fully saturated rings. The Balaban J connectivity index is 1.23. The number of anilines is 2. The number of thiazole rings is 1.